The zero-order valence-electron chi connectivity index (χ0n) is 8.33. The van der Waals surface area contributed by atoms with Crippen LogP contribution < -0.4 is 10.6 Å². The van der Waals surface area contributed by atoms with Crippen molar-refractivity contribution in [3.8, 4) is 0 Å². The van der Waals surface area contributed by atoms with Gasteiger partial charge in [0.05, 0.1) is 6.10 Å². The van der Waals surface area contributed by atoms with E-state index >= 15 is 0 Å². The Morgan fingerprint density at radius 3 is 2.93 bits per heavy atom. The maximum absolute atomic E-state index is 9.79. The second-order valence-corrected chi connectivity index (χ2v) is 5.14. The van der Waals surface area contributed by atoms with Crippen molar-refractivity contribution in [1.29, 1.82) is 0 Å². The molecule has 0 bridgehead atoms. The number of hydrogen-bond acceptors (Lipinski definition) is 6. The van der Waals surface area contributed by atoms with Crippen molar-refractivity contribution in [2.75, 3.05) is 23.7 Å². The van der Waals surface area contributed by atoms with Gasteiger partial charge in [-0.15, -0.1) is 0 Å². The first-order chi connectivity index (χ1) is 7.24. The third kappa shape index (κ3) is 1.48. The fourth-order valence-corrected chi connectivity index (χ4v) is 3.36. The lowest BCUT2D eigenvalue weighted by molar-refractivity contribution is 0.133. The summed E-state index contributed by atoms with van der Waals surface area (Å²) < 4.78 is 3.98. The Morgan fingerprint density at radius 1 is 1.40 bits per heavy atom. The van der Waals surface area contributed by atoms with E-state index in [4.69, 9.17) is 5.73 Å². The highest BCUT2D eigenvalue weighted by Gasteiger charge is 2.42. The molecule has 1 saturated carbocycles. The minimum absolute atomic E-state index is 0.120. The lowest BCUT2D eigenvalue weighted by Gasteiger charge is -2.16. The van der Waals surface area contributed by atoms with Gasteiger partial charge in [0, 0.05) is 30.5 Å². The summed E-state index contributed by atoms with van der Waals surface area (Å²) in [6.07, 6.45) is 1.98. The van der Waals surface area contributed by atoms with Crippen LogP contribution in [0.1, 0.15) is 12.8 Å². The highest BCUT2D eigenvalue weighted by atomic mass is 32.1. The summed E-state index contributed by atoms with van der Waals surface area (Å²) in [7, 11) is 0. The SMILES string of the molecule is Nc1nsc(N2CC3CCC(O)C3C2)n1. The molecule has 6 heteroatoms. The molecule has 82 valence electrons. The van der Waals surface area contributed by atoms with Gasteiger partial charge in [-0.1, -0.05) is 0 Å². The van der Waals surface area contributed by atoms with Crippen LogP contribution in [0.4, 0.5) is 11.1 Å². The molecule has 0 aromatic carbocycles. The van der Waals surface area contributed by atoms with Crippen LogP contribution in [0, 0.1) is 11.8 Å². The third-order valence-electron chi connectivity index (χ3n) is 3.52. The number of anilines is 2. The number of rotatable bonds is 1. The molecule has 1 saturated heterocycles. The number of aliphatic hydroxyl groups excluding tert-OH is 1. The normalized spacial score (nSPS) is 34.7. The third-order valence-corrected chi connectivity index (χ3v) is 4.31. The van der Waals surface area contributed by atoms with Crippen molar-refractivity contribution in [3.05, 3.63) is 0 Å². The molecule has 1 aliphatic heterocycles. The van der Waals surface area contributed by atoms with E-state index in [0.717, 1.165) is 31.1 Å². The number of nitrogens with two attached hydrogens (primary N) is 1. The Labute approximate surface area is 92.1 Å². The summed E-state index contributed by atoms with van der Waals surface area (Å²) in [5.74, 6) is 1.41. The predicted octanol–water partition coefficient (Wildman–Crippen LogP) is 0.327. The number of nitrogens with zero attached hydrogens (tertiary/aromatic N) is 3. The molecule has 2 heterocycles. The molecular weight excluding hydrogens is 212 g/mol. The molecule has 3 unspecified atom stereocenters. The second-order valence-electron chi connectivity index (χ2n) is 4.41. The Bertz CT molecular complexity index is 369. The van der Waals surface area contributed by atoms with Gasteiger partial charge in [-0.2, -0.15) is 9.36 Å². The minimum atomic E-state index is -0.120. The van der Waals surface area contributed by atoms with Gasteiger partial charge in [0.2, 0.25) is 11.1 Å². The molecule has 1 aromatic heterocycles. The van der Waals surface area contributed by atoms with Crippen LogP contribution in [0.15, 0.2) is 0 Å². The van der Waals surface area contributed by atoms with Gasteiger partial charge in [0.1, 0.15) is 0 Å². The van der Waals surface area contributed by atoms with E-state index < -0.39 is 0 Å². The van der Waals surface area contributed by atoms with Crippen LogP contribution >= 0.6 is 11.5 Å². The Kier molecular flexibility index (Phi) is 2.07. The van der Waals surface area contributed by atoms with Crippen LogP contribution in [0.2, 0.25) is 0 Å². The van der Waals surface area contributed by atoms with E-state index in [1.807, 2.05) is 0 Å². The van der Waals surface area contributed by atoms with E-state index in [2.05, 4.69) is 14.3 Å². The summed E-state index contributed by atoms with van der Waals surface area (Å²) >= 11 is 1.34. The van der Waals surface area contributed by atoms with Crippen LogP contribution in [-0.2, 0) is 0 Å². The van der Waals surface area contributed by atoms with E-state index in [9.17, 15) is 5.11 Å². The lowest BCUT2D eigenvalue weighted by atomic mass is 10.00. The second kappa shape index (κ2) is 3.31. The molecule has 3 N–H and O–H groups in total. The summed E-state index contributed by atoms with van der Waals surface area (Å²) in [6.45, 7) is 1.90. The van der Waals surface area contributed by atoms with Crippen molar-refractivity contribution in [2.24, 2.45) is 11.8 Å². The smallest absolute Gasteiger partial charge is 0.233 e. The largest absolute Gasteiger partial charge is 0.393 e. The minimum Gasteiger partial charge on any atom is -0.393 e. The van der Waals surface area contributed by atoms with Gasteiger partial charge in [-0.05, 0) is 18.8 Å². The zero-order valence-corrected chi connectivity index (χ0v) is 9.15. The van der Waals surface area contributed by atoms with Gasteiger partial charge < -0.3 is 15.7 Å². The first kappa shape index (κ1) is 9.35. The van der Waals surface area contributed by atoms with Gasteiger partial charge in [-0.3, -0.25) is 0 Å². The molecular formula is C9H14N4OS. The summed E-state index contributed by atoms with van der Waals surface area (Å²) in [4.78, 5) is 6.37. The average Bonchev–Trinajstić information content (AvgIpc) is 2.84. The van der Waals surface area contributed by atoms with E-state index in [-0.39, 0.29) is 6.10 Å². The maximum Gasteiger partial charge on any atom is 0.233 e. The molecule has 2 aliphatic rings. The van der Waals surface area contributed by atoms with Crippen LogP contribution in [-0.4, -0.2) is 33.7 Å². The van der Waals surface area contributed by atoms with Crippen LogP contribution in [0.3, 0.4) is 0 Å². The molecule has 0 radical (unpaired) electrons. The number of fused-ring (bicyclic) bond motifs is 1. The predicted molar refractivity (Wildman–Crippen MR) is 58.8 cm³/mol. The number of aliphatic hydroxyl groups is 1. The lowest BCUT2D eigenvalue weighted by Crippen LogP contribution is -2.24. The quantitative estimate of drug-likeness (QED) is 0.721. The standard InChI is InChI=1S/C9H14N4OS/c10-8-11-9(15-12-8)13-3-5-1-2-7(14)6(5)4-13/h5-7,14H,1-4H2,(H2,10,12). The highest BCUT2D eigenvalue weighted by Crippen LogP contribution is 2.40. The van der Waals surface area contributed by atoms with Crippen molar-refractivity contribution in [2.45, 2.75) is 18.9 Å². The number of hydrogen-bond donors (Lipinski definition) is 2. The summed E-state index contributed by atoms with van der Waals surface area (Å²) in [5.41, 5.74) is 5.50. The monoisotopic (exact) mass is 226 g/mol. The number of nitrogen functional groups attached to an aromatic ring is 1. The maximum atomic E-state index is 9.79. The zero-order chi connectivity index (χ0) is 10.4. The highest BCUT2D eigenvalue weighted by molar-refractivity contribution is 7.09. The summed E-state index contributed by atoms with van der Waals surface area (Å²) in [5, 5.41) is 10.7. The van der Waals surface area contributed by atoms with Crippen molar-refractivity contribution in [3.63, 3.8) is 0 Å². The molecule has 3 rings (SSSR count). The molecule has 3 atom stereocenters. The van der Waals surface area contributed by atoms with Gasteiger partial charge >= 0.3 is 0 Å². The molecule has 0 amide bonds. The van der Waals surface area contributed by atoms with Crippen LogP contribution in [0.5, 0.6) is 0 Å². The van der Waals surface area contributed by atoms with E-state index in [1.165, 1.54) is 11.5 Å². The van der Waals surface area contributed by atoms with Gasteiger partial charge in [0.25, 0.3) is 0 Å². The molecule has 1 aromatic rings. The molecule has 5 nitrogen and oxygen atoms in total. The summed E-state index contributed by atoms with van der Waals surface area (Å²) in [6, 6.07) is 0. The molecule has 0 spiro atoms. The molecule has 2 fully saturated rings. The fraction of sp³-hybridized carbons (Fsp3) is 0.778. The van der Waals surface area contributed by atoms with Gasteiger partial charge in [-0.25, -0.2) is 0 Å². The first-order valence-corrected chi connectivity index (χ1v) is 6.03. The van der Waals surface area contributed by atoms with E-state index in [0.29, 0.717) is 17.8 Å². The molecule has 1 aliphatic carbocycles. The Hall–Kier alpha value is -0.880. The number of aromatic nitrogens is 2. The Balaban J connectivity index is 1.77. The topological polar surface area (TPSA) is 75.3 Å². The fourth-order valence-electron chi connectivity index (χ4n) is 2.75. The van der Waals surface area contributed by atoms with Crippen molar-refractivity contribution >= 4 is 22.6 Å². The molecule has 15 heavy (non-hydrogen) atoms. The van der Waals surface area contributed by atoms with Crippen molar-refractivity contribution < 1.29 is 5.11 Å². The van der Waals surface area contributed by atoms with Gasteiger partial charge in [0.15, 0.2) is 0 Å². The van der Waals surface area contributed by atoms with E-state index in [1.54, 1.807) is 0 Å². The average molecular weight is 226 g/mol. The van der Waals surface area contributed by atoms with Crippen LogP contribution in [0.25, 0.3) is 0 Å². The Morgan fingerprint density at radius 2 is 2.27 bits per heavy atom. The van der Waals surface area contributed by atoms with Crippen molar-refractivity contribution in [1.82, 2.24) is 9.36 Å². The first-order valence-electron chi connectivity index (χ1n) is 5.26.